The van der Waals surface area contributed by atoms with Crippen LogP contribution < -0.4 is 14.8 Å². The van der Waals surface area contributed by atoms with Crippen LogP contribution in [0.5, 0.6) is 17.2 Å². The monoisotopic (exact) mass is 460 g/mol. The summed E-state index contributed by atoms with van der Waals surface area (Å²) in [5.41, 5.74) is 2.91. The number of amides is 1. The third-order valence-corrected chi connectivity index (χ3v) is 5.86. The molecule has 0 aliphatic heterocycles. The van der Waals surface area contributed by atoms with Crippen molar-refractivity contribution < 1.29 is 14.3 Å². The van der Waals surface area contributed by atoms with E-state index >= 15 is 0 Å². The molecule has 0 atom stereocenters. The Bertz CT molecular complexity index is 1220. The number of para-hydroxylation sites is 3. The second kappa shape index (κ2) is 10.7. The molecular formula is C25H24N4O3S. The van der Waals surface area contributed by atoms with Gasteiger partial charge in [0.25, 0.3) is 0 Å². The highest BCUT2D eigenvalue weighted by molar-refractivity contribution is 7.99. The smallest absolute Gasteiger partial charge is 0.234 e. The highest BCUT2D eigenvalue weighted by Gasteiger charge is 2.12. The lowest BCUT2D eigenvalue weighted by molar-refractivity contribution is -0.113. The van der Waals surface area contributed by atoms with Crippen molar-refractivity contribution in [3.8, 4) is 22.9 Å². The molecule has 33 heavy (non-hydrogen) atoms. The number of carbonyl (C=O) groups excluding carboxylic acids is 1. The topological polar surface area (TPSA) is 78.3 Å². The lowest BCUT2D eigenvalue weighted by atomic mass is 10.1. The zero-order chi connectivity index (χ0) is 23.0. The fourth-order valence-corrected chi connectivity index (χ4v) is 4.02. The Morgan fingerprint density at radius 1 is 1.00 bits per heavy atom. The Morgan fingerprint density at radius 2 is 1.73 bits per heavy atom. The van der Waals surface area contributed by atoms with Crippen molar-refractivity contribution in [3.05, 3.63) is 84.7 Å². The first-order valence-electron chi connectivity index (χ1n) is 10.5. The second-order valence-corrected chi connectivity index (χ2v) is 8.02. The molecule has 0 aliphatic rings. The molecule has 0 saturated carbocycles. The molecule has 0 fully saturated rings. The molecule has 1 aromatic heterocycles. The zero-order valence-corrected chi connectivity index (χ0v) is 19.2. The van der Waals surface area contributed by atoms with E-state index in [0.717, 1.165) is 12.1 Å². The van der Waals surface area contributed by atoms with E-state index in [2.05, 4.69) is 28.5 Å². The number of rotatable bonds is 9. The third-order valence-electron chi connectivity index (χ3n) is 4.92. The molecule has 1 amide bonds. The zero-order valence-electron chi connectivity index (χ0n) is 18.4. The van der Waals surface area contributed by atoms with Crippen LogP contribution in [-0.2, 0) is 11.2 Å². The summed E-state index contributed by atoms with van der Waals surface area (Å²) in [6, 6.07) is 22.7. The number of thioether (sulfide) groups is 1. The Hall–Kier alpha value is -3.78. The van der Waals surface area contributed by atoms with Crippen LogP contribution in [0.1, 0.15) is 12.5 Å². The fourth-order valence-electron chi connectivity index (χ4n) is 3.30. The summed E-state index contributed by atoms with van der Waals surface area (Å²) in [5, 5.41) is 11.8. The number of nitrogens with zero attached hydrogens (tertiary/aromatic N) is 3. The summed E-state index contributed by atoms with van der Waals surface area (Å²) in [6.07, 6.45) is 2.57. The van der Waals surface area contributed by atoms with Crippen LogP contribution in [0.15, 0.2) is 84.3 Å². The van der Waals surface area contributed by atoms with Gasteiger partial charge >= 0.3 is 0 Å². The number of benzene rings is 3. The predicted molar refractivity (Wildman–Crippen MR) is 130 cm³/mol. The molecule has 168 valence electrons. The molecule has 0 saturated heterocycles. The number of nitrogens with one attached hydrogen (secondary N) is 1. The first-order chi connectivity index (χ1) is 16.2. The molecule has 0 radical (unpaired) electrons. The van der Waals surface area contributed by atoms with Gasteiger partial charge in [0.2, 0.25) is 5.91 Å². The van der Waals surface area contributed by atoms with Gasteiger partial charge in [-0.2, -0.15) is 0 Å². The average Bonchev–Trinajstić information content (AvgIpc) is 3.33. The van der Waals surface area contributed by atoms with Crippen molar-refractivity contribution in [2.75, 3.05) is 18.2 Å². The Labute approximate surface area is 196 Å². The molecule has 0 spiro atoms. The molecule has 0 aliphatic carbocycles. The first kappa shape index (κ1) is 22.4. The fraction of sp³-hybridized carbons (Fsp3) is 0.160. The maximum Gasteiger partial charge on any atom is 0.234 e. The molecule has 0 bridgehead atoms. The quantitative estimate of drug-likeness (QED) is 0.339. The van der Waals surface area contributed by atoms with Gasteiger partial charge < -0.3 is 14.8 Å². The van der Waals surface area contributed by atoms with E-state index in [1.165, 1.54) is 17.3 Å². The minimum absolute atomic E-state index is 0.128. The number of hydrogen-bond acceptors (Lipinski definition) is 6. The van der Waals surface area contributed by atoms with Gasteiger partial charge in [0.15, 0.2) is 16.7 Å². The van der Waals surface area contributed by atoms with E-state index < -0.39 is 0 Å². The molecule has 4 rings (SSSR count). The van der Waals surface area contributed by atoms with Crippen LogP contribution in [0.3, 0.4) is 0 Å². The van der Waals surface area contributed by atoms with Gasteiger partial charge in [-0.15, -0.1) is 10.2 Å². The van der Waals surface area contributed by atoms with E-state index in [1.807, 2.05) is 47.0 Å². The van der Waals surface area contributed by atoms with Crippen molar-refractivity contribution in [1.29, 1.82) is 0 Å². The Balaban J connectivity index is 1.35. The summed E-state index contributed by atoms with van der Waals surface area (Å²) in [7, 11) is 1.60. The maximum absolute atomic E-state index is 12.5. The van der Waals surface area contributed by atoms with Crippen molar-refractivity contribution in [3.63, 3.8) is 0 Å². The number of aromatic nitrogens is 3. The summed E-state index contributed by atoms with van der Waals surface area (Å²) >= 11 is 1.34. The van der Waals surface area contributed by atoms with Crippen molar-refractivity contribution in [2.24, 2.45) is 0 Å². The summed E-state index contributed by atoms with van der Waals surface area (Å²) < 4.78 is 13.1. The largest absolute Gasteiger partial charge is 0.493 e. The van der Waals surface area contributed by atoms with Crippen LogP contribution in [0.4, 0.5) is 5.69 Å². The Kier molecular flexibility index (Phi) is 7.26. The van der Waals surface area contributed by atoms with Crippen LogP contribution in [0.2, 0.25) is 0 Å². The minimum atomic E-state index is -0.128. The van der Waals surface area contributed by atoms with E-state index in [4.69, 9.17) is 9.47 Å². The number of methoxy groups -OCH3 is 1. The second-order valence-electron chi connectivity index (χ2n) is 7.08. The van der Waals surface area contributed by atoms with Gasteiger partial charge in [0, 0.05) is 5.69 Å². The summed E-state index contributed by atoms with van der Waals surface area (Å²) in [4.78, 5) is 12.5. The van der Waals surface area contributed by atoms with E-state index in [1.54, 1.807) is 37.7 Å². The van der Waals surface area contributed by atoms with Gasteiger partial charge in [0.1, 0.15) is 12.1 Å². The number of ether oxygens (including phenoxy) is 2. The molecule has 0 unspecified atom stereocenters. The molecule has 4 aromatic rings. The lowest BCUT2D eigenvalue weighted by Crippen LogP contribution is -2.14. The maximum atomic E-state index is 12.5. The van der Waals surface area contributed by atoms with Crippen LogP contribution in [0.25, 0.3) is 5.69 Å². The number of hydrogen-bond donors (Lipinski definition) is 1. The van der Waals surface area contributed by atoms with Crippen LogP contribution in [0, 0.1) is 0 Å². The van der Waals surface area contributed by atoms with E-state index in [-0.39, 0.29) is 11.7 Å². The van der Waals surface area contributed by atoms with Gasteiger partial charge in [-0.1, -0.05) is 49.0 Å². The molecule has 1 N–H and O–H groups in total. The molecular weight excluding hydrogens is 436 g/mol. The summed E-state index contributed by atoms with van der Waals surface area (Å²) in [5.74, 6) is 2.02. The molecule has 7 nitrogen and oxygen atoms in total. The molecule has 3 aromatic carbocycles. The van der Waals surface area contributed by atoms with Gasteiger partial charge in [-0.3, -0.25) is 9.36 Å². The number of aryl methyl sites for hydroxylation is 1. The van der Waals surface area contributed by atoms with Gasteiger partial charge in [-0.25, -0.2) is 0 Å². The SMILES string of the molecule is CCc1ccccc1-n1cnnc1SCC(=O)Nc1ccc(Oc2ccccc2OC)cc1. The number of carbonyl (C=O) groups is 1. The van der Waals surface area contributed by atoms with Crippen LogP contribution >= 0.6 is 11.8 Å². The first-order valence-corrected chi connectivity index (χ1v) is 11.5. The van der Waals surface area contributed by atoms with Crippen molar-refractivity contribution >= 4 is 23.4 Å². The highest BCUT2D eigenvalue weighted by Crippen LogP contribution is 2.31. The van der Waals surface area contributed by atoms with Crippen molar-refractivity contribution in [2.45, 2.75) is 18.5 Å². The molecule has 8 heteroatoms. The standard InChI is InChI=1S/C25H24N4O3S/c1-3-18-8-4-5-9-21(18)29-17-26-28-25(29)33-16-24(30)27-19-12-14-20(15-13-19)32-23-11-7-6-10-22(23)31-2/h4-15,17H,3,16H2,1-2H3,(H,27,30). The van der Waals surface area contributed by atoms with E-state index in [9.17, 15) is 4.79 Å². The Morgan fingerprint density at radius 3 is 2.48 bits per heavy atom. The highest BCUT2D eigenvalue weighted by atomic mass is 32.2. The molecule has 1 heterocycles. The van der Waals surface area contributed by atoms with Gasteiger partial charge in [-0.05, 0) is 54.4 Å². The third kappa shape index (κ3) is 5.53. The van der Waals surface area contributed by atoms with E-state index in [0.29, 0.717) is 28.1 Å². The number of anilines is 1. The minimum Gasteiger partial charge on any atom is -0.493 e. The van der Waals surface area contributed by atoms with Gasteiger partial charge in [0.05, 0.1) is 18.6 Å². The normalized spacial score (nSPS) is 10.6. The summed E-state index contributed by atoms with van der Waals surface area (Å²) in [6.45, 7) is 2.11. The van der Waals surface area contributed by atoms with Crippen LogP contribution in [-0.4, -0.2) is 33.5 Å². The van der Waals surface area contributed by atoms with Crippen molar-refractivity contribution in [1.82, 2.24) is 14.8 Å². The average molecular weight is 461 g/mol. The lowest BCUT2D eigenvalue weighted by Gasteiger charge is -2.11. The predicted octanol–water partition coefficient (Wildman–Crippen LogP) is 5.36.